The molecule has 0 unspecified atom stereocenters. The maximum absolute atomic E-state index is 12.2. The number of amides is 1. The number of benzene rings is 2. The molecule has 0 heterocycles. The average molecular weight is 343 g/mol. The second-order valence-electron chi connectivity index (χ2n) is 5.22. The van der Waals surface area contributed by atoms with E-state index in [0.29, 0.717) is 29.4 Å². The van der Waals surface area contributed by atoms with Gasteiger partial charge in [-0.25, -0.2) is 4.79 Å². The normalized spacial score (nSPS) is 10.0. The van der Waals surface area contributed by atoms with E-state index in [9.17, 15) is 9.59 Å². The monoisotopic (exact) mass is 343 g/mol. The topological polar surface area (TPSA) is 73.9 Å². The molecule has 132 valence electrons. The molecule has 1 N–H and O–H groups in total. The molecular formula is C19H21NO5. The predicted molar refractivity (Wildman–Crippen MR) is 94.3 cm³/mol. The molecule has 0 radical (unpaired) electrons. The molecule has 25 heavy (non-hydrogen) atoms. The van der Waals surface area contributed by atoms with Crippen LogP contribution >= 0.6 is 0 Å². The first-order chi connectivity index (χ1) is 12.1. The summed E-state index contributed by atoms with van der Waals surface area (Å²) in [7, 11) is 3.10. The Bertz CT molecular complexity index is 757. The van der Waals surface area contributed by atoms with E-state index in [0.717, 1.165) is 5.56 Å². The fourth-order valence-electron chi connectivity index (χ4n) is 2.32. The molecule has 6 nitrogen and oxygen atoms in total. The van der Waals surface area contributed by atoms with Crippen LogP contribution in [0, 0.1) is 0 Å². The summed E-state index contributed by atoms with van der Waals surface area (Å²) in [6.07, 6.45) is 0.171. The van der Waals surface area contributed by atoms with Crippen LogP contribution in [0.3, 0.4) is 0 Å². The lowest BCUT2D eigenvalue weighted by Gasteiger charge is -2.10. The van der Waals surface area contributed by atoms with Gasteiger partial charge in [-0.3, -0.25) is 4.79 Å². The summed E-state index contributed by atoms with van der Waals surface area (Å²) in [4.78, 5) is 24.0. The minimum absolute atomic E-state index is 0.171. The van der Waals surface area contributed by atoms with Crippen molar-refractivity contribution in [3.8, 4) is 11.5 Å². The van der Waals surface area contributed by atoms with Gasteiger partial charge in [-0.1, -0.05) is 12.1 Å². The SMILES string of the molecule is CCOC(=O)c1cccc(NC(=O)Cc2ccc(OC)c(OC)c2)c1. The molecular weight excluding hydrogens is 322 g/mol. The number of carbonyl (C=O) groups is 2. The van der Waals surface area contributed by atoms with Crippen molar-refractivity contribution in [3.05, 3.63) is 53.6 Å². The van der Waals surface area contributed by atoms with E-state index in [1.165, 1.54) is 0 Å². The molecule has 0 aliphatic rings. The zero-order valence-corrected chi connectivity index (χ0v) is 14.5. The maximum Gasteiger partial charge on any atom is 0.338 e. The standard InChI is InChI=1S/C19H21NO5/c1-4-25-19(22)14-6-5-7-15(12-14)20-18(21)11-13-8-9-16(23-2)17(10-13)24-3/h5-10,12H,4,11H2,1-3H3,(H,20,21). The highest BCUT2D eigenvalue weighted by Gasteiger charge is 2.11. The van der Waals surface area contributed by atoms with Crippen molar-refractivity contribution in [2.45, 2.75) is 13.3 Å². The quantitative estimate of drug-likeness (QED) is 0.782. The highest BCUT2D eigenvalue weighted by atomic mass is 16.5. The van der Waals surface area contributed by atoms with Gasteiger partial charge in [0.1, 0.15) is 0 Å². The molecule has 0 saturated heterocycles. The van der Waals surface area contributed by atoms with E-state index in [1.807, 2.05) is 0 Å². The lowest BCUT2D eigenvalue weighted by molar-refractivity contribution is -0.115. The summed E-state index contributed by atoms with van der Waals surface area (Å²) in [5.74, 6) is 0.553. The van der Waals surface area contributed by atoms with E-state index < -0.39 is 5.97 Å². The third kappa shape index (κ3) is 4.97. The van der Waals surface area contributed by atoms with Crippen LogP contribution in [0.1, 0.15) is 22.8 Å². The van der Waals surface area contributed by atoms with Gasteiger partial charge in [-0.05, 0) is 42.8 Å². The Morgan fingerprint density at radius 3 is 2.44 bits per heavy atom. The molecule has 6 heteroatoms. The first-order valence-electron chi connectivity index (χ1n) is 7.85. The van der Waals surface area contributed by atoms with Gasteiger partial charge in [-0.2, -0.15) is 0 Å². The molecule has 2 aromatic carbocycles. The molecule has 0 aliphatic heterocycles. The van der Waals surface area contributed by atoms with Crippen LogP contribution in [-0.2, 0) is 16.0 Å². The molecule has 0 bridgehead atoms. The lowest BCUT2D eigenvalue weighted by Crippen LogP contribution is -2.15. The number of rotatable bonds is 7. The second kappa shape index (κ2) is 8.73. The molecule has 0 atom stereocenters. The Balaban J connectivity index is 2.05. The molecule has 0 spiro atoms. The van der Waals surface area contributed by atoms with Crippen molar-refractivity contribution >= 4 is 17.6 Å². The summed E-state index contributed by atoms with van der Waals surface area (Å²) in [5, 5.41) is 2.78. The van der Waals surface area contributed by atoms with Crippen LogP contribution in [0.15, 0.2) is 42.5 Å². The van der Waals surface area contributed by atoms with E-state index in [1.54, 1.807) is 63.6 Å². The van der Waals surface area contributed by atoms with Gasteiger partial charge < -0.3 is 19.5 Å². The third-order valence-corrected chi connectivity index (χ3v) is 3.47. The van der Waals surface area contributed by atoms with Crippen molar-refractivity contribution in [1.82, 2.24) is 0 Å². The zero-order chi connectivity index (χ0) is 18.2. The van der Waals surface area contributed by atoms with E-state index in [2.05, 4.69) is 5.32 Å². The Kier molecular flexibility index (Phi) is 6.39. The van der Waals surface area contributed by atoms with E-state index >= 15 is 0 Å². The third-order valence-electron chi connectivity index (χ3n) is 3.47. The molecule has 1 amide bonds. The predicted octanol–water partition coefficient (Wildman–Crippen LogP) is 3.06. The van der Waals surface area contributed by atoms with Gasteiger partial charge in [-0.15, -0.1) is 0 Å². The summed E-state index contributed by atoms with van der Waals surface area (Å²) >= 11 is 0. The number of anilines is 1. The molecule has 2 rings (SSSR count). The van der Waals surface area contributed by atoms with Gasteiger partial charge in [0.2, 0.25) is 5.91 Å². The number of carbonyl (C=O) groups excluding carboxylic acids is 2. The van der Waals surface area contributed by atoms with Gasteiger partial charge >= 0.3 is 5.97 Å². The number of methoxy groups -OCH3 is 2. The summed E-state index contributed by atoms with van der Waals surface area (Å²) in [5.41, 5.74) is 1.72. The van der Waals surface area contributed by atoms with Crippen molar-refractivity contribution in [2.24, 2.45) is 0 Å². The summed E-state index contributed by atoms with van der Waals surface area (Å²) < 4.78 is 15.4. The first kappa shape index (κ1) is 18.3. The molecule has 0 aliphatic carbocycles. The largest absolute Gasteiger partial charge is 0.493 e. The van der Waals surface area contributed by atoms with Crippen LogP contribution in [0.5, 0.6) is 11.5 Å². The van der Waals surface area contributed by atoms with Crippen LogP contribution in [0.4, 0.5) is 5.69 Å². The van der Waals surface area contributed by atoms with Crippen molar-refractivity contribution in [3.63, 3.8) is 0 Å². The molecule has 0 saturated carbocycles. The Hall–Kier alpha value is -3.02. The fraction of sp³-hybridized carbons (Fsp3) is 0.263. The molecule has 0 fully saturated rings. The number of nitrogens with one attached hydrogen (secondary N) is 1. The summed E-state index contributed by atoms with van der Waals surface area (Å²) in [6, 6.07) is 12.0. The minimum Gasteiger partial charge on any atom is -0.493 e. The number of ether oxygens (including phenoxy) is 3. The van der Waals surface area contributed by atoms with E-state index in [-0.39, 0.29) is 12.3 Å². The van der Waals surface area contributed by atoms with E-state index in [4.69, 9.17) is 14.2 Å². The van der Waals surface area contributed by atoms with Crippen LogP contribution < -0.4 is 14.8 Å². The van der Waals surface area contributed by atoms with Crippen LogP contribution in [0.25, 0.3) is 0 Å². The average Bonchev–Trinajstić information content (AvgIpc) is 2.62. The zero-order valence-electron chi connectivity index (χ0n) is 14.5. The molecule has 2 aromatic rings. The second-order valence-corrected chi connectivity index (χ2v) is 5.22. The van der Waals surface area contributed by atoms with Gasteiger partial charge in [0.25, 0.3) is 0 Å². The van der Waals surface area contributed by atoms with Crippen molar-refractivity contribution in [1.29, 1.82) is 0 Å². The van der Waals surface area contributed by atoms with Gasteiger partial charge in [0.05, 0.1) is 32.8 Å². The Morgan fingerprint density at radius 2 is 1.76 bits per heavy atom. The number of hydrogen-bond donors (Lipinski definition) is 1. The van der Waals surface area contributed by atoms with Crippen molar-refractivity contribution < 1.29 is 23.8 Å². The minimum atomic E-state index is -0.418. The highest BCUT2D eigenvalue weighted by Crippen LogP contribution is 2.27. The Morgan fingerprint density at radius 1 is 1.00 bits per heavy atom. The smallest absolute Gasteiger partial charge is 0.338 e. The maximum atomic E-state index is 12.2. The molecule has 0 aromatic heterocycles. The first-order valence-corrected chi connectivity index (χ1v) is 7.85. The van der Waals surface area contributed by atoms with Gasteiger partial charge in [0, 0.05) is 5.69 Å². The number of hydrogen-bond acceptors (Lipinski definition) is 5. The van der Waals surface area contributed by atoms with Crippen LogP contribution in [0.2, 0.25) is 0 Å². The lowest BCUT2D eigenvalue weighted by atomic mass is 10.1. The van der Waals surface area contributed by atoms with Crippen molar-refractivity contribution in [2.75, 3.05) is 26.1 Å². The highest BCUT2D eigenvalue weighted by molar-refractivity contribution is 5.95. The summed E-state index contributed by atoms with van der Waals surface area (Å²) in [6.45, 7) is 2.04. The Labute approximate surface area is 146 Å². The van der Waals surface area contributed by atoms with Gasteiger partial charge in [0.15, 0.2) is 11.5 Å². The van der Waals surface area contributed by atoms with Crippen LogP contribution in [-0.4, -0.2) is 32.7 Å². The fourth-order valence-corrected chi connectivity index (χ4v) is 2.32. The number of esters is 1.